The van der Waals surface area contributed by atoms with Crippen LogP contribution in [0.1, 0.15) is 39.5 Å². The van der Waals surface area contributed by atoms with Crippen molar-refractivity contribution in [1.82, 2.24) is 15.5 Å². The Bertz CT molecular complexity index is 294. The van der Waals surface area contributed by atoms with Crippen molar-refractivity contribution in [3.8, 4) is 0 Å². The van der Waals surface area contributed by atoms with E-state index < -0.39 is 0 Å². The van der Waals surface area contributed by atoms with E-state index in [-0.39, 0.29) is 23.9 Å². The standard InChI is InChI=1S/C13H25N3O2/c1-4-10(2)15-12(17)7-9-16-8-5-6-11(14-3)13(16)18/h10-11,14H,4-9H2,1-3H3,(H,15,17). The van der Waals surface area contributed by atoms with E-state index in [1.54, 1.807) is 4.90 Å². The number of nitrogens with zero attached hydrogens (tertiary/aromatic N) is 1. The van der Waals surface area contributed by atoms with Crippen molar-refractivity contribution >= 4 is 11.8 Å². The Morgan fingerprint density at radius 1 is 1.56 bits per heavy atom. The van der Waals surface area contributed by atoms with Gasteiger partial charge in [-0.25, -0.2) is 0 Å². The summed E-state index contributed by atoms with van der Waals surface area (Å²) < 4.78 is 0. The van der Waals surface area contributed by atoms with Gasteiger partial charge >= 0.3 is 0 Å². The first-order chi connectivity index (χ1) is 8.58. The Hall–Kier alpha value is -1.10. The predicted octanol–water partition coefficient (Wildman–Crippen LogP) is 0.502. The van der Waals surface area contributed by atoms with Gasteiger partial charge in [-0.1, -0.05) is 6.92 Å². The lowest BCUT2D eigenvalue weighted by atomic mass is 10.0. The number of piperidine rings is 1. The summed E-state index contributed by atoms with van der Waals surface area (Å²) in [6, 6.07) is 0.135. The summed E-state index contributed by atoms with van der Waals surface area (Å²) in [6.07, 6.45) is 3.22. The molecule has 2 N–H and O–H groups in total. The van der Waals surface area contributed by atoms with Crippen molar-refractivity contribution in [1.29, 1.82) is 0 Å². The fourth-order valence-corrected chi connectivity index (χ4v) is 2.12. The second-order valence-electron chi connectivity index (χ2n) is 4.94. The normalized spacial score (nSPS) is 21.8. The highest BCUT2D eigenvalue weighted by Gasteiger charge is 2.27. The lowest BCUT2D eigenvalue weighted by Crippen LogP contribution is -2.50. The molecule has 0 spiro atoms. The Kier molecular flexibility index (Phi) is 6.12. The van der Waals surface area contributed by atoms with E-state index in [1.807, 2.05) is 20.9 Å². The Morgan fingerprint density at radius 2 is 2.28 bits per heavy atom. The number of carbonyl (C=O) groups excluding carboxylic acids is 2. The number of hydrogen-bond acceptors (Lipinski definition) is 3. The molecule has 2 amide bonds. The number of amides is 2. The largest absolute Gasteiger partial charge is 0.354 e. The number of likely N-dealkylation sites (N-methyl/N-ethyl adjacent to an activating group) is 1. The molecule has 0 aromatic heterocycles. The second kappa shape index (κ2) is 7.36. The molecule has 1 aliphatic heterocycles. The number of rotatable bonds is 6. The second-order valence-corrected chi connectivity index (χ2v) is 4.94. The van der Waals surface area contributed by atoms with Gasteiger partial charge in [0.2, 0.25) is 11.8 Å². The monoisotopic (exact) mass is 255 g/mol. The van der Waals surface area contributed by atoms with Crippen LogP contribution in [0, 0.1) is 0 Å². The maximum absolute atomic E-state index is 12.0. The molecular weight excluding hydrogens is 230 g/mol. The zero-order valence-corrected chi connectivity index (χ0v) is 11.7. The topological polar surface area (TPSA) is 61.4 Å². The molecule has 0 aromatic rings. The van der Waals surface area contributed by atoms with E-state index in [0.717, 1.165) is 25.8 Å². The molecule has 0 bridgehead atoms. The van der Waals surface area contributed by atoms with E-state index in [2.05, 4.69) is 10.6 Å². The molecule has 5 nitrogen and oxygen atoms in total. The van der Waals surface area contributed by atoms with Crippen LogP contribution >= 0.6 is 0 Å². The molecule has 2 unspecified atom stereocenters. The lowest BCUT2D eigenvalue weighted by molar-refractivity contribution is -0.136. The van der Waals surface area contributed by atoms with E-state index in [1.165, 1.54) is 0 Å². The molecular formula is C13H25N3O2. The molecule has 1 rings (SSSR count). The molecule has 5 heteroatoms. The summed E-state index contributed by atoms with van der Waals surface area (Å²) in [4.78, 5) is 25.4. The van der Waals surface area contributed by atoms with E-state index in [4.69, 9.17) is 0 Å². The lowest BCUT2D eigenvalue weighted by Gasteiger charge is -2.32. The Labute approximate surface area is 109 Å². The molecule has 1 saturated heterocycles. The fraction of sp³-hybridized carbons (Fsp3) is 0.846. The summed E-state index contributed by atoms with van der Waals surface area (Å²) in [5.74, 6) is 0.156. The van der Waals surface area contributed by atoms with Crippen LogP contribution in [0.2, 0.25) is 0 Å². The molecule has 0 radical (unpaired) electrons. The summed E-state index contributed by atoms with van der Waals surface area (Å²) in [6.45, 7) is 5.32. The van der Waals surface area contributed by atoms with Crippen LogP contribution in [0.3, 0.4) is 0 Å². The number of carbonyl (C=O) groups is 2. The van der Waals surface area contributed by atoms with Crippen LogP contribution in [0.15, 0.2) is 0 Å². The average molecular weight is 255 g/mol. The average Bonchev–Trinajstić information content (AvgIpc) is 2.37. The van der Waals surface area contributed by atoms with Gasteiger partial charge in [-0.15, -0.1) is 0 Å². The SMILES string of the molecule is CCC(C)NC(=O)CCN1CCCC(NC)C1=O. The molecule has 1 fully saturated rings. The van der Waals surface area contributed by atoms with Gasteiger partial charge in [-0.05, 0) is 33.2 Å². The van der Waals surface area contributed by atoms with Crippen molar-refractivity contribution in [2.75, 3.05) is 20.1 Å². The van der Waals surface area contributed by atoms with E-state index in [9.17, 15) is 9.59 Å². The van der Waals surface area contributed by atoms with Crippen LogP contribution < -0.4 is 10.6 Å². The van der Waals surface area contributed by atoms with Gasteiger partial charge in [0.15, 0.2) is 0 Å². The first kappa shape index (κ1) is 15.0. The van der Waals surface area contributed by atoms with Crippen molar-refractivity contribution in [3.05, 3.63) is 0 Å². The van der Waals surface area contributed by atoms with Crippen molar-refractivity contribution in [3.63, 3.8) is 0 Å². The maximum atomic E-state index is 12.0. The smallest absolute Gasteiger partial charge is 0.239 e. The van der Waals surface area contributed by atoms with Gasteiger partial charge in [0.1, 0.15) is 0 Å². The molecule has 0 aliphatic carbocycles. The number of likely N-dealkylation sites (tertiary alicyclic amines) is 1. The van der Waals surface area contributed by atoms with Crippen LogP contribution in [-0.2, 0) is 9.59 Å². The van der Waals surface area contributed by atoms with Gasteiger partial charge in [0, 0.05) is 25.6 Å². The van der Waals surface area contributed by atoms with Gasteiger partial charge in [0.05, 0.1) is 6.04 Å². The molecule has 104 valence electrons. The van der Waals surface area contributed by atoms with E-state index >= 15 is 0 Å². The fourth-order valence-electron chi connectivity index (χ4n) is 2.12. The van der Waals surface area contributed by atoms with Gasteiger partial charge in [0.25, 0.3) is 0 Å². The van der Waals surface area contributed by atoms with Crippen LogP contribution in [0.5, 0.6) is 0 Å². The number of nitrogens with one attached hydrogen (secondary N) is 2. The first-order valence-corrected chi connectivity index (χ1v) is 6.83. The third-order valence-corrected chi connectivity index (χ3v) is 3.51. The summed E-state index contributed by atoms with van der Waals surface area (Å²) >= 11 is 0. The van der Waals surface area contributed by atoms with E-state index in [0.29, 0.717) is 13.0 Å². The molecule has 1 aliphatic rings. The minimum absolute atomic E-state index is 0.0312. The first-order valence-electron chi connectivity index (χ1n) is 6.83. The molecule has 1 heterocycles. The summed E-state index contributed by atoms with van der Waals surface area (Å²) in [7, 11) is 1.81. The quantitative estimate of drug-likeness (QED) is 0.726. The Morgan fingerprint density at radius 3 is 2.89 bits per heavy atom. The predicted molar refractivity (Wildman–Crippen MR) is 71.2 cm³/mol. The van der Waals surface area contributed by atoms with Gasteiger partial charge < -0.3 is 15.5 Å². The Balaban J connectivity index is 2.34. The van der Waals surface area contributed by atoms with Crippen molar-refractivity contribution in [2.24, 2.45) is 0 Å². The molecule has 2 atom stereocenters. The zero-order chi connectivity index (χ0) is 13.5. The summed E-state index contributed by atoms with van der Waals surface area (Å²) in [5.41, 5.74) is 0. The summed E-state index contributed by atoms with van der Waals surface area (Å²) in [5, 5.41) is 5.94. The highest BCUT2D eigenvalue weighted by molar-refractivity contribution is 5.83. The van der Waals surface area contributed by atoms with Crippen LogP contribution in [0.25, 0.3) is 0 Å². The van der Waals surface area contributed by atoms with Crippen molar-refractivity contribution < 1.29 is 9.59 Å². The van der Waals surface area contributed by atoms with Gasteiger partial charge in [-0.2, -0.15) is 0 Å². The third-order valence-electron chi connectivity index (χ3n) is 3.51. The molecule has 0 aromatic carbocycles. The highest BCUT2D eigenvalue weighted by Crippen LogP contribution is 2.11. The molecule has 0 saturated carbocycles. The van der Waals surface area contributed by atoms with Crippen LogP contribution in [0.4, 0.5) is 0 Å². The third kappa shape index (κ3) is 4.29. The maximum Gasteiger partial charge on any atom is 0.239 e. The highest BCUT2D eigenvalue weighted by atomic mass is 16.2. The molecule has 18 heavy (non-hydrogen) atoms. The minimum Gasteiger partial charge on any atom is -0.354 e. The van der Waals surface area contributed by atoms with Gasteiger partial charge in [-0.3, -0.25) is 9.59 Å². The zero-order valence-electron chi connectivity index (χ0n) is 11.7. The minimum atomic E-state index is -0.0728. The van der Waals surface area contributed by atoms with Crippen LogP contribution in [-0.4, -0.2) is 48.9 Å². The van der Waals surface area contributed by atoms with Crippen molar-refractivity contribution in [2.45, 2.75) is 51.6 Å². The number of hydrogen-bond donors (Lipinski definition) is 2.